The van der Waals surface area contributed by atoms with E-state index in [0.717, 1.165) is 30.6 Å². The molecule has 0 fully saturated rings. The molecule has 8 heteroatoms. The van der Waals surface area contributed by atoms with Gasteiger partial charge in [-0.3, -0.25) is 4.57 Å². The number of aromatic nitrogens is 4. The number of aryl methyl sites for hydroxylation is 2. The number of aliphatic hydroxyl groups excluding tert-OH is 1. The number of fused-ring (bicyclic) bond motifs is 1. The average molecular weight is 419 g/mol. The van der Waals surface area contributed by atoms with Crippen molar-refractivity contribution < 1.29 is 9.84 Å². The zero-order valence-electron chi connectivity index (χ0n) is 17.3. The highest BCUT2D eigenvalue weighted by Crippen LogP contribution is 2.24. The van der Waals surface area contributed by atoms with Crippen LogP contribution in [0.4, 0.5) is 5.82 Å². The van der Waals surface area contributed by atoms with Crippen LogP contribution in [0.25, 0.3) is 11.2 Å². The highest BCUT2D eigenvalue weighted by atomic mass is 16.5. The van der Waals surface area contributed by atoms with Crippen molar-refractivity contribution in [2.75, 3.05) is 12.3 Å². The first-order chi connectivity index (χ1) is 15.0. The smallest absolute Gasteiger partial charge is 0.328 e. The number of ether oxygens (including phenoxy) is 1. The van der Waals surface area contributed by atoms with E-state index in [4.69, 9.17) is 15.6 Å². The fraction of sp³-hybridized carbons (Fsp3) is 0.261. The molecule has 2 heterocycles. The van der Waals surface area contributed by atoms with Crippen molar-refractivity contribution in [3.63, 3.8) is 0 Å². The molecule has 0 aliphatic heterocycles. The van der Waals surface area contributed by atoms with Crippen molar-refractivity contribution in [2.45, 2.75) is 32.7 Å². The standard InChI is InChI=1S/C23H25N5O3/c1-15-25-21(24)20-22(26-15)28(23(30)27-20)14-17-8-5-10-19(13-17)31-18-9-4-7-16(12-18)6-2-3-11-29/h4-5,7-10,12-13,29H,2-3,6,11,14H2,1H3,(H,27,30)(H2,24,25,26). The zero-order valence-corrected chi connectivity index (χ0v) is 17.3. The molecule has 0 aliphatic carbocycles. The Hall–Kier alpha value is -3.65. The minimum atomic E-state index is -0.288. The first-order valence-electron chi connectivity index (χ1n) is 10.2. The number of anilines is 1. The van der Waals surface area contributed by atoms with Gasteiger partial charge in [-0.2, -0.15) is 0 Å². The van der Waals surface area contributed by atoms with Crippen molar-refractivity contribution in [3.05, 3.63) is 76.0 Å². The lowest BCUT2D eigenvalue weighted by Crippen LogP contribution is -2.17. The normalized spacial score (nSPS) is 11.2. The Bertz CT molecular complexity index is 1260. The third-order valence-corrected chi connectivity index (χ3v) is 5.01. The van der Waals surface area contributed by atoms with Crippen molar-refractivity contribution in [1.29, 1.82) is 0 Å². The van der Waals surface area contributed by atoms with Crippen LogP contribution in [0.1, 0.15) is 29.8 Å². The van der Waals surface area contributed by atoms with Gasteiger partial charge in [0, 0.05) is 6.61 Å². The number of imidazole rings is 1. The van der Waals surface area contributed by atoms with E-state index in [9.17, 15) is 4.79 Å². The van der Waals surface area contributed by atoms with Crippen LogP contribution < -0.4 is 16.2 Å². The van der Waals surface area contributed by atoms with Crippen molar-refractivity contribution in [2.24, 2.45) is 0 Å². The summed E-state index contributed by atoms with van der Waals surface area (Å²) in [5.41, 5.74) is 8.63. The van der Waals surface area contributed by atoms with Crippen LogP contribution in [0, 0.1) is 6.92 Å². The molecule has 2 aromatic heterocycles. The summed E-state index contributed by atoms with van der Waals surface area (Å²) < 4.78 is 7.59. The molecule has 0 spiro atoms. The lowest BCUT2D eigenvalue weighted by atomic mass is 10.1. The second-order valence-electron chi connectivity index (χ2n) is 7.45. The van der Waals surface area contributed by atoms with Crippen LogP contribution >= 0.6 is 0 Å². The molecule has 8 nitrogen and oxygen atoms in total. The van der Waals surface area contributed by atoms with Gasteiger partial charge in [-0.15, -0.1) is 0 Å². The van der Waals surface area contributed by atoms with E-state index in [1.54, 1.807) is 11.5 Å². The summed E-state index contributed by atoms with van der Waals surface area (Å²) in [7, 11) is 0. The molecule has 0 saturated carbocycles. The summed E-state index contributed by atoms with van der Waals surface area (Å²) in [6.07, 6.45) is 2.62. The van der Waals surface area contributed by atoms with Gasteiger partial charge in [0.25, 0.3) is 0 Å². The number of hydrogen-bond donors (Lipinski definition) is 3. The summed E-state index contributed by atoms with van der Waals surface area (Å²) >= 11 is 0. The SMILES string of the molecule is Cc1nc(N)c2[nH]c(=O)n(Cc3cccc(Oc4cccc(CCCCO)c4)c3)c2n1. The van der Waals surface area contributed by atoms with E-state index < -0.39 is 0 Å². The van der Waals surface area contributed by atoms with Gasteiger partial charge in [0.05, 0.1) is 6.54 Å². The number of aromatic amines is 1. The molecule has 160 valence electrons. The van der Waals surface area contributed by atoms with Gasteiger partial charge < -0.3 is 20.6 Å². The molecule has 0 saturated heterocycles. The number of nitrogen functional groups attached to an aromatic ring is 1. The molecule has 0 atom stereocenters. The third-order valence-electron chi connectivity index (χ3n) is 5.01. The molecule has 0 bridgehead atoms. The Balaban J connectivity index is 1.55. The third kappa shape index (κ3) is 4.75. The molecular weight excluding hydrogens is 394 g/mol. The van der Waals surface area contributed by atoms with Crippen molar-refractivity contribution >= 4 is 17.0 Å². The number of unbranched alkanes of at least 4 members (excludes halogenated alkanes) is 1. The van der Waals surface area contributed by atoms with Crippen LogP contribution in [0.2, 0.25) is 0 Å². The molecule has 4 rings (SSSR count). The molecular formula is C23H25N5O3. The van der Waals surface area contributed by atoms with Crippen molar-refractivity contribution in [1.82, 2.24) is 19.5 Å². The maximum Gasteiger partial charge on any atom is 0.328 e. The predicted molar refractivity (Wildman–Crippen MR) is 119 cm³/mol. The first-order valence-corrected chi connectivity index (χ1v) is 10.2. The van der Waals surface area contributed by atoms with Gasteiger partial charge in [0.2, 0.25) is 0 Å². The van der Waals surface area contributed by atoms with Gasteiger partial charge in [-0.1, -0.05) is 24.3 Å². The molecule has 0 amide bonds. The Labute approximate surface area is 179 Å². The Morgan fingerprint density at radius 3 is 2.52 bits per heavy atom. The molecule has 0 radical (unpaired) electrons. The summed E-state index contributed by atoms with van der Waals surface area (Å²) in [6, 6.07) is 15.5. The second kappa shape index (κ2) is 9.01. The van der Waals surface area contributed by atoms with E-state index in [0.29, 0.717) is 29.3 Å². The zero-order chi connectivity index (χ0) is 21.8. The first kappa shape index (κ1) is 20.6. The number of nitrogens with zero attached hydrogens (tertiary/aromatic N) is 3. The highest BCUT2D eigenvalue weighted by Gasteiger charge is 2.13. The molecule has 31 heavy (non-hydrogen) atoms. The van der Waals surface area contributed by atoms with E-state index in [-0.39, 0.29) is 18.1 Å². The number of nitrogens with one attached hydrogen (secondary N) is 1. The van der Waals surface area contributed by atoms with Gasteiger partial charge in [0.15, 0.2) is 11.5 Å². The van der Waals surface area contributed by atoms with E-state index >= 15 is 0 Å². The van der Waals surface area contributed by atoms with Crippen LogP contribution in [0.15, 0.2) is 53.3 Å². The minimum Gasteiger partial charge on any atom is -0.457 e. The summed E-state index contributed by atoms with van der Waals surface area (Å²) in [4.78, 5) is 23.7. The van der Waals surface area contributed by atoms with Crippen LogP contribution in [0.3, 0.4) is 0 Å². The lowest BCUT2D eigenvalue weighted by Gasteiger charge is -2.10. The van der Waals surface area contributed by atoms with E-state index in [1.165, 1.54) is 5.56 Å². The number of hydrogen-bond acceptors (Lipinski definition) is 6. The minimum absolute atomic E-state index is 0.209. The second-order valence-corrected chi connectivity index (χ2v) is 7.45. The largest absolute Gasteiger partial charge is 0.457 e. The molecule has 4 aromatic rings. The summed E-state index contributed by atoms with van der Waals surface area (Å²) in [6.45, 7) is 2.28. The van der Waals surface area contributed by atoms with E-state index in [1.807, 2.05) is 42.5 Å². The Kier molecular flexibility index (Phi) is 5.99. The Morgan fingerprint density at radius 2 is 1.77 bits per heavy atom. The number of H-pyrrole nitrogens is 1. The maximum atomic E-state index is 12.5. The number of aliphatic hydroxyl groups is 1. The van der Waals surface area contributed by atoms with Gasteiger partial charge in [0.1, 0.15) is 22.8 Å². The average Bonchev–Trinajstić information content (AvgIpc) is 3.05. The van der Waals surface area contributed by atoms with Crippen LogP contribution in [-0.4, -0.2) is 31.2 Å². The molecule has 4 N–H and O–H groups in total. The maximum absolute atomic E-state index is 12.5. The fourth-order valence-corrected chi connectivity index (χ4v) is 3.54. The molecule has 0 aliphatic rings. The summed E-state index contributed by atoms with van der Waals surface area (Å²) in [5.74, 6) is 2.20. The number of benzene rings is 2. The topological polar surface area (TPSA) is 119 Å². The Morgan fingerprint density at radius 1 is 1.06 bits per heavy atom. The monoisotopic (exact) mass is 419 g/mol. The number of nitrogens with two attached hydrogens (primary N) is 1. The molecule has 0 unspecified atom stereocenters. The predicted octanol–water partition coefficient (Wildman–Crippen LogP) is 3.17. The van der Waals surface area contributed by atoms with Gasteiger partial charge in [-0.25, -0.2) is 14.8 Å². The van der Waals surface area contributed by atoms with Crippen LogP contribution in [0.5, 0.6) is 11.5 Å². The highest BCUT2D eigenvalue weighted by molar-refractivity contribution is 5.81. The molecule has 2 aromatic carbocycles. The van der Waals surface area contributed by atoms with Crippen molar-refractivity contribution in [3.8, 4) is 11.5 Å². The van der Waals surface area contributed by atoms with Crippen LogP contribution in [-0.2, 0) is 13.0 Å². The van der Waals surface area contributed by atoms with Gasteiger partial charge in [-0.05, 0) is 61.6 Å². The van der Waals surface area contributed by atoms with Gasteiger partial charge >= 0.3 is 5.69 Å². The lowest BCUT2D eigenvalue weighted by molar-refractivity contribution is 0.284. The fourth-order valence-electron chi connectivity index (χ4n) is 3.54. The quantitative estimate of drug-likeness (QED) is 0.378. The summed E-state index contributed by atoms with van der Waals surface area (Å²) in [5, 5.41) is 8.95. The number of rotatable bonds is 8. The van der Waals surface area contributed by atoms with E-state index in [2.05, 4.69) is 21.0 Å².